The van der Waals surface area contributed by atoms with E-state index in [0.29, 0.717) is 51.6 Å². The molecule has 3 N–H and O–H groups in total. The van der Waals surface area contributed by atoms with Gasteiger partial charge in [0.2, 0.25) is 0 Å². The van der Waals surface area contributed by atoms with E-state index < -0.39 is 18.0 Å². The molecule has 0 aromatic heterocycles. The topological polar surface area (TPSA) is 105 Å². The molecule has 0 aromatic carbocycles. The third-order valence-electron chi connectivity index (χ3n) is 5.63. The average molecular weight is 444 g/mol. The van der Waals surface area contributed by atoms with Gasteiger partial charge in [-0.05, 0) is 38.3 Å². The summed E-state index contributed by atoms with van der Waals surface area (Å²) in [4.78, 5) is 29.0. The van der Waals surface area contributed by atoms with Gasteiger partial charge in [0.25, 0.3) is 0 Å². The lowest BCUT2D eigenvalue weighted by Gasteiger charge is -2.32. The molecule has 0 fully saturated rings. The van der Waals surface area contributed by atoms with Crippen molar-refractivity contribution in [3.8, 4) is 0 Å². The zero-order valence-corrected chi connectivity index (χ0v) is 20.1. The molecule has 0 heterocycles. The first-order valence-corrected chi connectivity index (χ1v) is 11.6. The number of carbonyl (C=O) groups is 2. The minimum absolute atomic E-state index is 0.0925. The summed E-state index contributed by atoms with van der Waals surface area (Å²) < 4.78 is 0. The van der Waals surface area contributed by atoms with Gasteiger partial charge >= 0.3 is 11.9 Å². The monoisotopic (exact) mass is 443 g/mol. The number of hydrogen-bond acceptors (Lipinski definition) is 6. The van der Waals surface area contributed by atoms with Crippen LogP contribution in [0.1, 0.15) is 59.8 Å². The molecular formula is C23H45N3O5. The van der Waals surface area contributed by atoms with Gasteiger partial charge < -0.3 is 15.3 Å². The molecule has 31 heavy (non-hydrogen) atoms. The minimum atomic E-state index is -0.900. The second kappa shape index (κ2) is 17.0. The number of carboxylic acid groups (broad SMARTS) is 2. The van der Waals surface area contributed by atoms with Crippen molar-refractivity contribution in [1.29, 1.82) is 0 Å². The first kappa shape index (κ1) is 29.4. The summed E-state index contributed by atoms with van der Waals surface area (Å²) in [5, 5.41) is 28.6. The summed E-state index contributed by atoms with van der Waals surface area (Å²) >= 11 is 0. The van der Waals surface area contributed by atoms with Crippen molar-refractivity contribution in [2.45, 2.75) is 65.8 Å². The van der Waals surface area contributed by atoms with E-state index in [0.717, 1.165) is 32.2 Å². The van der Waals surface area contributed by atoms with Crippen LogP contribution in [0.15, 0.2) is 12.3 Å². The molecule has 0 saturated heterocycles. The fraction of sp³-hybridized carbons (Fsp3) is 0.826. The van der Waals surface area contributed by atoms with E-state index in [1.165, 1.54) is 0 Å². The third-order valence-corrected chi connectivity index (χ3v) is 5.63. The zero-order valence-electron chi connectivity index (χ0n) is 20.1. The van der Waals surface area contributed by atoms with Gasteiger partial charge in [-0.15, -0.1) is 0 Å². The number of aliphatic hydroxyl groups excluding tert-OH is 1. The van der Waals surface area contributed by atoms with Crippen molar-refractivity contribution in [3.63, 3.8) is 0 Å². The van der Waals surface area contributed by atoms with Crippen molar-refractivity contribution < 1.29 is 24.9 Å². The maximum Gasteiger partial charge on any atom is 0.320 e. The van der Waals surface area contributed by atoms with E-state index in [-0.39, 0.29) is 12.3 Å². The van der Waals surface area contributed by atoms with E-state index in [4.69, 9.17) is 0 Å². The Bertz CT molecular complexity index is 529. The van der Waals surface area contributed by atoms with E-state index >= 15 is 0 Å². The Morgan fingerprint density at radius 2 is 1.39 bits per heavy atom. The Labute approximate surface area is 188 Å². The molecule has 0 spiro atoms. The molecule has 2 unspecified atom stereocenters. The molecule has 0 bridgehead atoms. The highest BCUT2D eigenvalue weighted by molar-refractivity contribution is 5.73. The summed E-state index contributed by atoms with van der Waals surface area (Å²) in [5.41, 5.74) is 0. The summed E-state index contributed by atoms with van der Waals surface area (Å²) in [7, 11) is 0. The van der Waals surface area contributed by atoms with Gasteiger partial charge in [0.15, 0.2) is 0 Å². The van der Waals surface area contributed by atoms with Crippen LogP contribution in [0.25, 0.3) is 0 Å². The predicted molar refractivity (Wildman–Crippen MR) is 125 cm³/mol. The van der Waals surface area contributed by atoms with E-state index in [2.05, 4.69) is 25.3 Å². The van der Waals surface area contributed by atoms with Crippen molar-refractivity contribution >= 4 is 11.9 Å². The van der Waals surface area contributed by atoms with Crippen LogP contribution in [0.4, 0.5) is 0 Å². The lowest BCUT2D eigenvalue weighted by atomic mass is 10.1. The van der Waals surface area contributed by atoms with E-state index in [1.54, 1.807) is 0 Å². The smallest absolute Gasteiger partial charge is 0.320 e. The molecule has 182 valence electrons. The van der Waals surface area contributed by atoms with Gasteiger partial charge in [-0.3, -0.25) is 24.3 Å². The van der Waals surface area contributed by atoms with Crippen LogP contribution < -0.4 is 0 Å². The summed E-state index contributed by atoms with van der Waals surface area (Å²) in [6, 6.07) is -0.540. The van der Waals surface area contributed by atoms with Crippen LogP contribution in [-0.4, -0.2) is 100 Å². The first-order chi connectivity index (χ1) is 14.6. The Morgan fingerprint density at radius 3 is 1.84 bits per heavy atom. The highest BCUT2D eigenvalue weighted by Gasteiger charge is 2.25. The normalized spacial score (nSPS) is 13.6. The quantitative estimate of drug-likeness (QED) is 0.247. The van der Waals surface area contributed by atoms with Crippen molar-refractivity contribution in [2.75, 3.05) is 52.4 Å². The minimum Gasteiger partial charge on any atom is -0.512 e. The van der Waals surface area contributed by atoms with Crippen molar-refractivity contribution in [3.05, 3.63) is 12.3 Å². The van der Waals surface area contributed by atoms with Crippen molar-refractivity contribution in [2.24, 2.45) is 5.92 Å². The maximum absolute atomic E-state index is 11.7. The second-order valence-electron chi connectivity index (χ2n) is 8.49. The Morgan fingerprint density at radius 1 is 0.806 bits per heavy atom. The third kappa shape index (κ3) is 14.1. The van der Waals surface area contributed by atoms with Crippen LogP contribution >= 0.6 is 0 Å². The highest BCUT2D eigenvalue weighted by Crippen LogP contribution is 2.10. The SMILES string of the molecule is C=C(O)CN(CCC(C)CC)CCN(CCN(CCC)C(CCC)C(=O)O)CC(=O)O. The van der Waals surface area contributed by atoms with Gasteiger partial charge in [-0.2, -0.15) is 0 Å². The number of hydrogen-bond donors (Lipinski definition) is 3. The molecule has 0 aliphatic heterocycles. The highest BCUT2D eigenvalue weighted by atomic mass is 16.4. The molecule has 0 aliphatic rings. The number of rotatable bonds is 20. The average Bonchev–Trinajstić information content (AvgIpc) is 2.69. The summed E-state index contributed by atoms with van der Waals surface area (Å²) in [6.45, 7) is 15.8. The number of aliphatic carboxylic acids is 2. The van der Waals surface area contributed by atoms with Gasteiger partial charge in [0, 0.05) is 26.2 Å². The van der Waals surface area contributed by atoms with Crippen LogP contribution in [-0.2, 0) is 9.59 Å². The summed E-state index contributed by atoms with van der Waals surface area (Å²) in [6.07, 6.45) is 4.30. The van der Waals surface area contributed by atoms with Crippen molar-refractivity contribution in [1.82, 2.24) is 14.7 Å². The van der Waals surface area contributed by atoms with Crippen LogP contribution in [0.3, 0.4) is 0 Å². The number of carboxylic acids is 2. The van der Waals surface area contributed by atoms with Crippen LogP contribution in [0.2, 0.25) is 0 Å². The molecule has 0 aliphatic carbocycles. The van der Waals surface area contributed by atoms with Gasteiger partial charge in [-0.1, -0.05) is 47.1 Å². The van der Waals surface area contributed by atoms with Gasteiger partial charge in [0.1, 0.15) is 6.04 Å². The second-order valence-corrected chi connectivity index (χ2v) is 8.49. The summed E-state index contributed by atoms with van der Waals surface area (Å²) in [5.74, 6) is -1.04. The molecule has 2 atom stereocenters. The molecule has 0 amide bonds. The van der Waals surface area contributed by atoms with E-state index in [1.807, 2.05) is 23.6 Å². The van der Waals surface area contributed by atoms with Gasteiger partial charge in [-0.25, -0.2) is 0 Å². The Hall–Kier alpha value is -1.64. The molecular weight excluding hydrogens is 398 g/mol. The maximum atomic E-state index is 11.7. The molecule has 0 radical (unpaired) electrons. The van der Waals surface area contributed by atoms with Gasteiger partial charge in [0.05, 0.1) is 18.8 Å². The number of nitrogens with zero attached hydrogens (tertiary/aromatic N) is 3. The standard InChI is InChI=1S/C23H45N3O5/c1-6-9-21(23(30)31)26(11-7-2)16-15-25(18-22(28)29)14-13-24(17-20(5)27)12-10-19(4)8-3/h19,21,27H,5-18H2,1-4H3,(H,28,29)(H,30,31). The largest absolute Gasteiger partial charge is 0.512 e. The van der Waals surface area contributed by atoms with E-state index in [9.17, 15) is 24.9 Å². The van der Waals surface area contributed by atoms with Crippen LogP contribution in [0, 0.1) is 5.92 Å². The molecule has 8 heteroatoms. The molecule has 0 aromatic rings. The lowest BCUT2D eigenvalue weighted by molar-refractivity contribution is -0.144. The zero-order chi connectivity index (χ0) is 23.8. The Balaban J connectivity index is 5.05. The fourth-order valence-electron chi connectivity index (χ4n) is 3.60. The lowest BCUT2D eigenvalue weighted by Crippen LogP contribution is -2.47. The Kier molecular flexibility index (Phi) is 16.1. The molecule has 0 rings (SSSR count). The number of aliphatic hydroxyl groups is 1. The first-order valence-electron chi connectivity index (χ1n) is 11.6. The predicted octanol–water partition coefficient (Wildman–Crippen LogP) is 3.15. The fourth-order valence-corrected chi connectivity index (χ4v) is 3.60. The molecule has 0 saturated carbocycles. The molecule has 8 nitrogen and oxygen atoms in total. The van der Waals surface area contributed by atoms with Crippen LogP contribution in [0.5, 0.6) is 0 Å².